The first-order chi connectivity index (χ1) is 27.6. The zero-order valence-corrected chi connectivity index (χ0v) is 39.9. The molecule has 2 atom stereocenters. The molecule has 0 unspecified atom stereocenters. The molecule has 308 valence electrons. The molecule has 3 aliphatic rings. The van der Waals surface area contributed by atoms with Gasteiger partial charge in [-0.3, -0.25) is 4.99 Å². The van der Waals surface area contributed by atoms with Gasteiger partial charge in [0.25, 0.3) is 0 Å². The first kappa shape index (κ1) is 39.0. The van der Waals surface area contributed by atoms with E-state index in [1.807, 2.05) is 32.2 Å². The van der Waals surface area contributed by atoms with E-state index >= 15 is 0 Å². The molecule has 4 aromatic carbocycles. The quantitative estimate of drug-likeness (QED) is 0.166. The molecule has 0 spiro atoms. The second-order valence-corrected chi connectivity index (χ2v) is 21.2. The number of rotatable bonds is 3. The summed E-state index contributed by atoms with van der Waals surface area (Å²) in [6, 6.07) is 24.9. The molecule has 5 nitrogen and oxygen atoms in total. The van der Waals surface area contributed by atoms with E-state index in [1.165, 1.54) is 27.6 Å². The molecule has 6 aromatic rings. The Kier molecular flexibility index (Phi) is 8.52. The third kappa shape index (κ3) is 5.94. The van der Waals surface area contributed by atoms with Gasteiger partial charge in [0, 0.05) is 48.7 Å². The van der Waals surface area contributed by atoms with Crippen LogP contribution in [-0.2, 0) is 54.0 Å². The summed E-state index contributed by atoms with van der Waals surface area (Å²) in [7, 11) is 0. The van der Waals surface area contributed by atoms with E-state index in [1.54, 1.807) is 0 Å². The smallest absolute Gasteiger partial charge is 0.510 e. The number of hydrogen-bond donors (Lipinski definition) is 0. The van der Waals surface area contributed by atoms with E-state index in [2.05, 4.69) is 150 Å². The van der Waals surface area contributed by atoms with Crippen LogP contribution in [0.5, 0.6) is 11.5 Å². The van der Waals surface area contributed by atoms with Gasteiger partial charge in [0.2, 0.25) is 0 Å². The Hall–Kier alpha value is -4.21. The van der Waals surface area contributed by atoms with Crippen LogP contribution in [0.1, 0.15) is 147 Å². The van der Waals surface area contributed by atoms with Gasteiger partial charge in [-0.1, -0.05) is 131 Å². The molecular weight excluding hydrogens is 906 g/mol. The van der Waals surface area contributed by atoms with Gasteiger partial charge >= 0.3 is 21.1 Å². The van der Waals surface area contributed by atoms with Gasteiger partial charge in [-0.15, -0.1) is 28.6 Å². The van der Waals surface area contributed by atoms with Crippen LogP contribution in [0, 0.1) is 45.2 Å². The fraction of sp³-hybridized carbons (Fsp3) is 0.434. The van der Waals surface area contributed by atoms with Gasteiger partial charge in [0.1, 0.15) is 22.9 Å². The minimum absolute atomic E-state index is 0. The van der Waals surface area contributed by atoms with Crippen molar-refractivity contribution in [1.29, 1.82) is 0 Å². The summed E-state index contributed by atoms with van der Waals surface area (Å²) in [6.45, 7) is 34.6. The molecule has 0 amide bonds. The molecule has 0 radical (unpaired) electrons. The number of aromatic nitrogens is 2. The number of nitrogens with zero attached hydrogens (tertiary/aromatic N) is 3. The SMILES string of the molecule is [2H]C1([2H])c2cc(C)c(C)cc2[C@@]2(C)N=C(c3[c-]c(Oc4[c-]c5c(cc4C)c4cc(C(C)(C)C)cc6c4n5-c4ncc(C)cc4C6(C)C)cc(C(C)(C)C)c3)O[C@@]12C(C)(C)C.[Pt+2]. The predicted molar refractivity (Wildman–Crippen MR) is 239 cm³/mol. The number of fused-ring (bicyclic) bond motifs is 8. The third-order valence-electron chi connectivity index (χ3n) is 13.4. The van der Waals surface area contributed by atoms with Crippen LogP contribution in [0.15, 0.2) is 59.7 Å². The zero-order valence-electron chi connectivity index (χ0n) is 39.7. The molecule has 59 heavy (non-hydrogen) atoms. The number of ether oxygens (including phenoxy) is 2. The summed E-state index contributed by atoms with van der Waals surface area (Å²) >= 11 is 0. The molecule has 9 rings (SSSR count). The molecule has 0 saturated carbocycles. The predicted octanol–water partition coefficient (Wildman–Crippen LogP) is 13.1. The minimum atomic E-state index is -1.84. The van der Waals surface area contributed by atoms with Gasteiger partial charge < -0.3 is 14.0 Å². The number of benzene rings is 4. The maximum Gasteiger partial charge on any atom is 2.00 e. The molecule has 0 N–H and O–H groups in total. The standard InChI is InChI=1S/C53H59N3O2.Pt/c1-29-17-42-46(54-28-29)56-43-26-44(32(4)19-38(43)39-24-36(49(8,9)10)25-41(45(39)56)51(42,14)15)57-37-22-33(21-35(23-37)48(5,6)7)47-55-52(16)40-20-31(3)30(2)18-34(40)27-53(52,58-47)50(11,12)13;/h17-21,23-25,28H,27H2,1-16H3;/q-2;+2/t52-,53-;/m1./s1/i27D2;. The maximum absolute atomic E-state index is 9.80. The van der Waals surface area contributed by atoms with Gasteiger partial charge in [-0.2, -0.15) is 6.07 Å². The second kappa shape index (κ2) is 12.9. The average Bonchev–Trinajstić information content (AvgIpc) is 3.68. The fourth-order valence-corrected chi connectivity index (χ4v) is 9.67. The summed E-state index contributed by atoms with van der Waals surface area (Å²) in [5.74, 6) is 2.42. The average molecular weight is 967 g/mol. The van der Waals surface area contributed by atoms with Crippen molar-refractivity contribution in [3.05, 3.63) is 128 Å². The van der Waals surface area contributed by atoms with Crippen LogP contribution in [0.2, 0.25) is 0 Å². The largest absolute Gasteiger partial charge is 2.00 e. The Morgan fingerprint density at radius 2 is 1.41 bits per heavy atom. The van der Waals surface area contributed by atoms with Crippen molar-refractivity contribution in [3.8, 4) is 17.3 Å². The van der Waals surface area contributed by atoms with Crippen LogP contribution >= 0.6 is 0 Å². The van der Waals surface area contributed by atoms with Crippen molar-refractivity contribution < 1.29 is 33.3 Å². The van der Waals surface area contributed by atoms with Crippen molar-refractivity contribution in [2.75, 3.05) is 0 Å². The molecule has 2 aliphatic heterocycles. The van der Waals surface area contributed by atoms with Crippen LogP contribution in [0.25, 0.3) is 27.6 Å². The number of aliphatic imine (C=N–C) groups is 1. The van der Waals surface area contributed by atoms with E-state index in [9.17, 15) is 2.74 Å². The van der Waals surface area contributed by atoms with E-state index in [0.29, 0.717) is 28.5 Å². The number of aryl methyl sites for hydroxylation is 4. The van der Waals surface area contributed by atoms with E-state index in [0.717, 1.165) is 50.1 Å². The normalized spacial score (nSPS) is 21.9. The summed E-state index contributed by atoms with van der Waals surface area (Å²) in [5, 5.41) is 2.31. The molecule has 0 fully saturated rings. The molecular formula is C53H59N3O2Pt. The van der Waals surface area contributed by atoms with Crippen molar-refractivity contribution in [2.24, 2.45) is 10.4 Å². The summed E-state index contributed by atoms with van der Waals surface area (Å²) in [5.41, 5.74) is 9.74. The number of hydrogen-bond acceptors (Lipinski definition) is 4. The van der Waals surface area contributed by atoms with Crippen LogP contribution < -0.4 is 4.74 Å². The van der Waals surface area contributed by atoms with Crippen molar-refractivity contribution >= 4 is 27.7 Å². The topological polar surface area (TPSA) is 48.6 Å². The summed E-state index contributed by atoms with van der Waals surface area (Å²) in [6.07, 6.45) is 0.122. The Balaban J connectivity index is 0.00000514. The third-order valence-corrected chi connectivity index (χ3v) is 13.4. The van der Waals surface area contributed by atoms with Crippen molar-refractivity contribution in [2.45, 2.75) is 145 Å². The Labute approximate surface area is 369 Å². The Morgan fingerprint density at radius 1 is 0.746 bits per heavy atom. The number of pyridine rings is 1. The fourth-order valence-electron chi connectivity index (χ4n) is 9.67. The van der Waals surface area contributed by atoms with Gasteiger partial charge in [0.05, 0.1) is 0 Å². The first-order valence-corrected chi connectivity index (χ1v) is 20.8. The molecule has 6 heteroatoms. The van der Waals surface area contributed by atoms with E-state index in [-0.39, 0.29) is 37.3 Å². The van der Waals surface area contributed by atoms with Crippen LogP contribution in [0.3, 0.4) is 0 Å². The van der Waals surface area contributed by atoms with Crippen LogP contribution in [-0.4, -0.2) is 21.0 Å². The van der Waals surface area contributed by atoms with E-state index < -0.39 is 22.9 Å². The summed E-state index contributed by atoms with van der Waals surface area (Å²) < 4.78 is 35.9. The molecule has 0 bridgehead atoms. The van der Waals surface area contributed by atoms with Gasteiger partial charge in [-0.25, -0.2) is 4.98 Å². The Morgan fingerprint density at radius 3 is 2.07 bits per heavy atom. The first-order valence-electron chi connectivity index (χ1n) is 21.8. The maximum atomic E-state index is 9.80. The van der Waals surface area contributed by atoms with Gasteiger partial charge in [-0.05, 0) is 88.9 Å². The van der Waals surface area contributed by atoms with E-state index in [4.69, 9.17) is 19.5 Å². The van der Waals surface area contributed by atoms with Crippen LogP contribution in [0.4, 0.5) is 0 Å². The monoisotopic (exact) mass is 966 g/mol. The Bertz CT molecular complexity index is 2900. The molecule has 1 aliphatic carbocycles. The van der Waals surface area contributed by atoms with Gasteiger partial charge in [0.15, 0.2) is 0 Å². The van der Waals surface area contributed by atoms with Crippen molar-refractivity contribution in [3.63, 3.8) is 0 Å². The molecule has 2 aromatic heterocycles. The van der Waals surface area contributed by atoms with Crippen molar-refractivity contribution in [1.82, 2.24) is 9.55 Å². The second-order valence-electron chi connectivity index (χ2n) is 21.2. The minimum Gasteiger partial charge on any atom is -0.510 e. The molecule has 4 heterocycles. The molecule has 0 saturated heterocycles. The summed E-state index contributed by atoms with van der Waals surface area (Å²) in [4.78, 5) is 10.5. The zero-order chi connectivity index (χ0) is 43.7.